The van der Waals surface area contributed by atoms with Crippen LogP contribution in [-0.4, -0.2) is 23.2 Å². The lowest BCUT2D eigenvalue weighted by atomic mass is 10.0. The quantitative estimate of drug-likeness (QED) is 0.679. The van der Waals surface area contributed by atoms with Crippen molar-refractivity contribution in [3.8, 4) is 17.2 Å². The fourth-order valence-corrected chi connectivity index (χ4v) is 3.74. The molecule has 3 aromatic rings. The Morgan fingerprint density at radius 1 is 1.22 bits per heavy atom. The second kappa shape index (κ2) is 8.56. The van der Waals surface area contributed by atoms with E-state index in [2.05, 4.69) is 35.4 Å². The first kappa shape index (κ1) is 18.7. The number of fused-ring (bicyclic) bond motifs is 1. The van der Waals surface area contributed by atoms with Crippen LogP contribution < -0.4 is 5.32 Å². The first-order valence-corrected chi connectivity index (χ1v) is 9.49. The Morgan fingerprint density at radius 2 is 2.04 bits per heavy atom. The lowest BCUT2D eigenvalue weighted by Gasteiger charge is -2.05. The number of thiazole rings is 1. The molecule has 1 amide bonds. The first-order chi connectivity index (χ1) is 13.1. The first-order valence-electron chi connectivity index (χ1n) is 8.67. The van der Waals surface area contributed by atoms with E-state index in [1.807, 2.05) is 30.3 Å². The number of amides is 1. The van der Waals surface area contributed by atoms with Gasteiger partial charge in [0.25, 0.3) is 0 Å². The number of nitriles is 1. The number of rotatable bonds is 7. The number of aryl methyl sites for hydroxylation is 1. The van der Waals surface area contributed by atoms with Crippen LogP contribution >= 0.6 is 11.3 Å². The number of nitrogens with one attached hydrogen (secondary N) is 1. The van der Waals surface area contributed by atoms with E-state index in [9.17, 15) is 9.59 Å². The van der Waals surface area contributed by atoms with Crippen LogP contribution in [0.3, 0.4) is 0 Å². The fourth-order valence-electron chi connectivity index (χ4n) is 2.80. The van der Waals surface area contributed by atoms with Gasteiger partial charge in [-0.3, -0.25) is 9.59 Å². The van der Waals surface area contributed by atoms with Gasteiger partial charge in [0.15, 0.2) is 5.78 Å². The second-order valence-electron chi connectivity index (χ2n) is 6.26. The molecule has 2 aromatic carbocycles. The maximum absolute atomic E-state index is 12.0. The van der Waals surface area contributed by atoms with Crippen molar-refractivity contribution in [2.45, 2.75) is 26.2 Å². The molecule has 0 atom stereocenters. The van der Waals surface area contributed by atoms with Gasteiger partial charge < -0.3 is 5.32 Å². The molecular weight excluding hydrogens is 358 g/mol. The van der Waals surface area contributed by atoms with Gasteiger partial charge in [0, 0.05) is 12.8 Å². The van der Waals surface area contributed by atoms with Gasteiger partial charge in [-0.15, -0.1) is 11.3 Å². The van der Waals surface area contributed by atoms with Gasteiger partial charge in [-0.1, -0.05) is 30.3 Å². The minimum atomic E-state index is -0.238. The Kier molecular flexibility index (Phi) is 5.94. The second-order valence-corrected chi connectivity index (χ2v) is 7.37. The third-order valence-electron chi connectivity index (χ3n) is 4.20. The summed E-state index contributed by atoms with van der Waals surface area (Å²) in [6.07, 6.45) is 0.486. The molecule has 6 heteroatoms. The molecule has 27 heavy (non-hydrogen) atoms. The summed E-state index contributed by atoms with van der Waals surface area (Å²) in [6.45, 7) is 2.04. The molecule has 0 saturated carbocycles. The van der Waals surface area contributed by atoms with Crippen molar-refractivity contribution >= 4 is 33.2 Å². The van der Waals surface area contributed by atoms with Crippen LogP contribution in [0.4, 0.5) is 0 Å². The van der Waals surface area contributed by atoms with Crippen molar-refractivity contribution < 1.29 is 9.59 Å². The van der Waals surface area contributed by atoms with Crippen LogP contribution in [-0.2, 0) is 16.0 Å². The molecule has 3 rings (SSSR count). The zero-order valence-electron chi connectivity index (χ0n) is 15.0. The Labute approximate surface area is 161 Å². The zero-order valence-corrected chi connectivity index (χ0v) is 15.8. The van der Waals surface area contributed by atoms with Crippen LogP contribution in [0.5, 0.6) is 0 Å². The Bertz CT molecular complexity index is 1030. The van der Waals surface area contributed by atoms with Crippen molar-refractivity contribution in [3.05, 3.63) is 53.0 Å². The third kappa shape index (κ3) is 4.78. The Morgan fingerprint density at radius 3 is 2.81 bits per heavy atom. The van der Waals surface area contributed by atoms with E-state index in [1.54, 1.807) is 0 Å². The molecule has 1 N–H and O–H groups in total. The lowest BCUT2D eigenvalue weighted by molar-refractivity contribution is -0.124. The number of benzene rings is 2. The van der Waals surface area contributed by atoms with E-state index >= 15 is 0 Å². The van der Waals surface area contributed by atoms with Crippen LogP contribution in [0.2, 0.25) is 0 Å². The smallest absolute Gasteiger partial charge is 0.227 e. The highest BCUT2D eigenvalue weighted by atomic mass is 32.1. The highest BCUT2D eigenvalue weighted by Gasteiger charge is 2.11. The van der Waals surface area contributed by atoms with Crippen molar-refractivity contribution in [2.24, 2.45) is 0 Å². The molecule has 0 aliphatic rings. The number of hydrogen-bond acceptors (Lipinski definition) is 5. The van der Waals surface area contributed by atoms with Gasteiger partial charge in [-0.25, -0.2) is 4.98 Å². The average Bonchev–Trinajstić information content (AvgIpc) is 3.06. The molecule has 136 valence electrons. The normalized spacial score (nSPS) is 10.5. The molecular formula is C21H19N3O2S. The van der Waals surface area contributed by atoms with Crippen molar-refractivity contribution in [2.75, 3.05) is 6.54 Å². The zero-order chi connectivity index (χ0) is 19.2. The number of ketones is 1. The maximum Gasteiger partial charge on any atom is 0.227 e. The predicted octanol–water partition coefficient (Wildman–Crippen LogP) is 3.80. The number of carbonyl (C=O) groups excluding carboxylic acids is 2. The Balaban J connectivity index is 1.68. The average molecular weight is 377 g/mol. The predicted molar refractivity (Wildman–Crippen MR) is 106 cm³/mol. The number of aromatic nitrogens is 1. The maximum atomic E-state index is 12.0. The summed E-state index contributed by atoms with van der Waals surface area (Å²) < 4.78 is 1.03. The van der Waals surface area contributed by atoms with Gasteiger partial charge in [-0.05, 0) is 35.7 Å². The number of carbonyl (C=O) groups is 2. The van der Waals surface area contributed by atoms with E-state index in [4.69, 9.17) is 5.26 Å². The van der Waals surface area contributed by atoms with Gasteiger partial charge >= 0.3 is 0 Å². The molecule has 0 spiro atoms. The molecule has 1 aromatic heterocycles. The van der Waals surface area contributed by atoms with E-state index < -0.39 is 0 Å². The van der Waals surface area contributed by atoms with Crippen molar-refractivity contribution in [3.63, 3.8) is 0 Å². The van der Waals surface area contributed by atoms with Crippen LogP contribution in [0.15, 0.2) is 42.5 Å². The molecule has 0 radical (unpaired) electrons. The molecule has 0 aliphatic heterocycles. The van der Waals surface area contributed by atoms with E-state index in [0.717, 1.165) is 15.8 Å². The van der Waals surface area contributed by atoms with E-state index in [0.29, 0.717) is 5.01 Å². The summed E-state index contributed by atoms with van der Waals surface area (Å²) in [5.41, 5.74) is 4.34. The Hall–Kier alpha value is -3.04. The minimum absolute atomic E-state index is 0.0388. The summed E-state index contributed by atoms with van der Waals surface area (Å²) >= 11 is 1.48. The topological polar surface area (TPSA) is 82.9 Å². The molecule has 1 heterocycles. The summed E-state index contributed by atoms with van der Waals surface area (Å²) in [4.78, 5) is 28.1. The highest BCUT2D eigenvalue weighted by molar-refractivity contribution is 7.18. The van der Waals surface area contributed by atoms with Crippen molar-refractivity contribution in [1.29, 1.82) is 5.26 Å². The third-order valence-corrected chi connectivity index (χ3v) is 5.23. The van der Waals surface area contributed by atoms with Gasteiger partial charge in [0.1, 0.15) is 5.01 Å². The van der Waals surface area contributed by atoms with Gasteiger partial charge in [0.05, 0.1) is 29.3 Å². The van der Waals surface area contributed by atoms with Gasteiger partial charge in [0.2, 0.25) is 5.91 Å². The summed E-state index contributed by atoms with van der Waals surface area (Å²) in [5, 5.41) is 11.8. The van der Waals surface area contributed by atoms with E-state index in [-0.39, 0.29) is 37.5 Å². The van der Waals surface area contributed by atoms with Gasteiger partial charge in [-0.2, -0.15) is 5.26 Å². The standard InChI is InChI=1S/C21H19N3O2S/c1-14-5-2-3-7-17(14)15-8-9-19-18(11-15)24-21(27-19)12-20(26)23-13-16(25)6-4-10-22/h2-3,5,7-9,11H,4,6,12-13H2,1H3,(H,23,26). The summed E-state index contributed by atoms with van der Waals surface area (Å²) in [6, 6.07) is 16.3. The molecule has 0 aliphatic carbocycles. The summed E-state index contributed by atoms with van der Waals surface area (Å²) in [7, 11) is 0. The van der Waals surface area contributed by atoms with Crippen LogP contribution in [0.25, 0.3) is 21.3 Å². The number of Topliss-reactive ketones (excluding diaryl/α,β-unsaturated/α-hetero) is 1. The van der Waals surface area contributed by atoms with Crippen LogP contribution in [0.1, 0.15) is 23.4 Å². The largest absolute Gasteiger partial charge is 0.349 e. The molecule has 0 saturated heterocycles. The minimum Gasteiger partial charge on any atom is -0.349 e. The number of nitrogens with zero attached hydrogens (tertiary/aromatic N) is 2. The molecule has 0 bridgehead atoms. The molecule has 5 nitrogen and oxygen atoms in total. The van der Waals surface area contributed by atoms with Crippen molar-refractivity contribution in [1.82, 2.24) is 10.3 Å². The summed E-state index contributed by atoms with van der Waals surface area (Å²) in [5.74, 6) is -0.379. The molecule has 0 fully saturated rings. The van der Waals surface area contributed by atoms with E-state index in [1.165, 1.54) is 22.5 Å². The van der Waals surface area contributed by atoms with Crippen LogP contribution in [0, 0.1) is 18.3 Å². The monoisotopic (exact) mass is 377 g/mol. The number of hydrogen-bond donors (Lipinski definition) is 1. The molecule has 0 unspecified atom stereocenters. The lowest BCUT2D eigenvalue weighted by Crippen LogP contribution is -2.30. The fraction of sp³-hybridized carbons (Fsp3) is 0.238. The SMILES string of the molecule is Cc1ccccc1-c1ccc2sc(CC(=O)NCC(=O)CCC#N)nc2c1. The highest BCUT2D eigenvalue weighted by Crippen LogP contribution is 2.29.